The second-order valence-electron chi connectivity index (χ2n) is 10.4. The lowest BCUT2D eigenvalue weighted by Crippen LogP contribution is -2.31. The number of pyridine rings is 1. The van der Waals surface area contributed by atoms with Crippen LogP contribution in [0.25, 0.3) is 10.9 Å². The molecule has 0 spiro atoms. The van der Waals surface area contributed by atoms with E-state index >= 15 is 0 Å². The molecular formula is C34H24BrNO11. The van der Waals surface area contributed by atoms with Crippen molar-refractivity contribution in [3.63, 3.8) is 0 Å². The third-order valence-corrected chi connectivity index (χ3v) is 8.03. The SMILES string of the molecule is C=C(C)C(=O)OCC(COC(=O)c1cccc2c1C(=O)C(c1nc3ccccc3c(Br)c1O)C2=O)OC(=O)c1ccccc1C(=O)O. The molecule has 0 fully saturated rings. The largest absolute Gasteiger partial charge is 0.505 e. The quantitative estimate of drug-likeness (QED) is 0.0971. The molecule has 2 unspecified atom stereocenters. The van der Waals surface area contributed by atoms with Crippen molar-refractivity contribution in [2.75, 3.05) is 13.2 Å². The monoisotopic (exact) mass is 701 g/mol. The van der Waals surface area contributed by atoms with Gasteiger partial charge < -0.3 is 24.4 Å². The van der Waals surface area contributed by atoms with Gasteiger partial charge in [-0.15, -0.1) is 0 Å². The van der Waals surface area contributed by atoms with Crippen molar-refractivity contribution in [3.05, 3.63) is 117 Å². The number of hydrogen-bond acceptors (Lipinski definition) is 11. The van der Waals surface area contributed by atoms with Crippen LogP contribution in [0.15, 0.2) is 83.4 Å². The summed E-state index contributed by atoms with van der Waals surface area (Å²) in [7, 11) is 0. The van der Waals surface area contributed by atoms with E-state index in [1.807, 2.05) is 0 Å². The molecule has 3 aromatic carbocycles. The number of ether oxygens (including phenoxy) is 3. The number of para-hydroxylation sites is 1. The van der Waals surface area contributed by atoms with Crippen LogP contribution in [-0.2, 0) is 19.0 Å². The minimum absolute atomic E-state index is 0.0415. The van der Waals surface area contributed by atoms with Gasteiger partial charge >= 0.3 is 23.9 Å². The summed E-state index contributed by atoms with van der Waals surface area (Å²) in [6, 6.07) is 16.1. The van der Waals surface area contributed by atoms with Crippen LogP contribution >= 0.6 is 15.9 Å². The maximum atomic E-state index is 13.7. The molecule has 5 rings (SSSR count). The minimum atomic E-state index is -1.54. The number of fused-ring (bicyclic) bond motifs is 2. The number of ketones is 2. The van der Waals surface area contributed by atoms with E-state index in [2.05, 4.69) is 27.5 Å². The first-order valence-corrected chi connectivity index (χ1v) is 14.7. The predicted molar refractivity (Wildman–Crippen MR) is 168 cm³/mol. The second-order valence-corrected chi connectivity index (χ2v) is 11.2. The lowest BCUT2D eigenvalue weighted by atomic mass is 9.96. The number of carbonyl (C=O) groups is 6. The number of carboxylic acids is 1. The van der Waals surface area contributed by atoms with Gasteiger partial charge in [-0.3, -0.25) is 9.59 Å². The normalized spacial score (nSPS) is 14.3. The van der Waals surface area contributed by atoms with E-state index in [1.165, 1.54) is 49.4 Å². The fourth-order valence-electron chi connectivity index (χ4n) is 4.96. The highest BCUT2D eigenvalue weighted by Crippen LogP contribution is 2.43. The molecule has 238 valence electrons. The highest BCUT2D eigenvalue weighted by molar-refractivity contribution is 9.10. The van der Waals surface area contributed by atoms with E-state index < -0.39 is 66.4 Å². The average Bonchev–Trinajstić information content (AvgIpc) is 3.32. The van der Waals surface area contributed by atoms with Crippen molar-refractivity contribution in [1.29, 1.82) is 0 Å². The Kier molecular flexibility index (Phi) is 9.29. The van der Waals surface area contributed by atoms with Crippen LogP contribution in [0.4, 0.5) is 0 Å². The lowest BCUT2D eigenvalue weighted by Gasteiger charge is -2.19. The summed E-state index contributed by atoms with van der Waals surface area (Å²) in [5.41, 5.74) is -0.960. The molecule has 1 aliphatic rings. The number of aromatic nitrogens is 1. The first-order valence-electron chi connectivity index (χ1n) is 13.9. The van der Waals surface area contributed by atoms with Crippen molar-refractivity contribution in [3.8, 4) is 5.75 Å². The van der Waals surface area contributed by atoms with E-state index in [4.69, 9.17) is 14.2 Å². The standard InChI is InChI=1S/C34H24BrNO11/c1-16(2)32(42)45-14-17(47-34(44)19-9-4-3-8-18(19)31(40)41)15-46-33(43)22-12-7-11-21-24(22)29(38)25(28(21)37)27-30(39)26(35)20-10-5-6-13-23(20)36-27/h3-13,17,25,39H,1,14-15H2,2H3,(H,40,41). The molecule has 1 heterocycles. The van der Waals surface area contributed by atoms with Gasteiger partial charge in [-0.25, -0.2) is 24.2 Å². The Morgan fingerprint density at radius 1 is 0.872 bits per heavy atom. The third kappa shape index (κ3) is 6.38. The Hall–Kier alpha value is -5.69. The molecule has 1 aromatic heterocycles. The maximum absolute atomic E-state index is 13.7. The number of nitrogens with zero attached hydrogens (tertiary/aromatic N) is 1. The van der Waals surface area contributed by atoms with E-state index in [0.717, 1.165) is 0 Å². The van der Waals surface area contributed by atoms with E-state index in [1.54, 1.807) is 24.3 Å². The van der Waals surface area contributed by atoms with Crippen molar-refractivity contribution in [2.45, 2.75) is 18.9 Å². The number of Topliss-reactive ketones (excluding diaryl/α,β-unsaturated/α-hetero) is 2. The van der Waals surface area contributed by atoms with Crippen LogP contribution in [-0.4, -0.2) is 70.0 Å². The summed E-state index contributed by atoms with van der Waals surface area (Å²) in [5, 5.41) is 20.9. The zero-order valence-corrected chi connectivity index (χ0v) is 26.1. The smallest absolute Gasteiger partial charge is 0.339 e. The Morgan fingerprint density at radius 2 is 1.51 bits per heavy atom. The Bertz CT molecular complexity index is 2020. The number of aromatic carboxylic acids is 1. The zero-order valence-electron chi connectivity index (χ0n) is 24.5. The molecule has 13 heteroatoms. The van der Waals surface area contributed by atoms with Gasteiger partial charge in [-0.05, 0) is 47.1 Å². The number of halogens is 1. The fourth-order valence-corrected chi connectivity index (χ4v) is 5.50. The molecule has 1 aliphatic carbocycles. The number of rotatable bonds is 10. The maximum Gasteiger partial charge on any atom is 0.339 e. The average molecular weight is 702 g/mol. The number of carbonyl (C=O) groups excluding carboxylic acids is 5. The molecule has 2 N–H and O–H groups in total. The van der Waals surface area contributed by atoms with Crippen molar-refractivity contribution < 1.29 is 53.2 Å². The van der Waals surface area contributed by atoms with Crippen LogP contribution in [0.5, 0.6) is 5.75 Å². The number of esters is 3. The fraction of sp³-hybridized carbons (Fsp3) is 0.147. The number of hydrogen-bond donors (Lipinski definition) is 2. The highest BCUT2D eigenvalue weighted by atomic mass is 79.9. The van der Waals surface area contributed by atoms with Crippen LogP contribution in [0, 0.1) is 0 Å². The summed E-state index contributed by atoms with van der Waals surface area (Å²) < 4.78 is 16.1. The van der Waals surface area contributed by atoms with Gasteiger partial charge in [0.05, 0.1) is 26.7 Å². The van der Waals surface area contributed by atoms with E-state index in [0.29, 0.717) is 10.9 Å². The van der Waals surface area contributed by atoms with Gasteiger partial charge in [-0.1, -0.05) is 49.0 Å². The van der Waals surface area contributed by atoms with Crippen LogP contribution in [0.1, 0.15) is 70.3 Å². The minimum Gasteiger partial charge on any atom is -0.505 e. The summed E-state index contributed by atoms with van der Waals surface area (Å²) in [6.07, 6.45) is -1.41. The summed E-state index contributed by atoms with van der Waals surface area (Å²) in [5.74, 6) is -7.77. The Balaban J connectivity index is 1.40. The topological polar surface area (TPSA) is 183 Å². The van der Waals surface area contributed by atoms with Gasteiger partial charge in [0.1, 0.15) is 24.8 Å². The summed E-state index contributed by atoms with van der Waals surface area (Å²) in [4.78, 5) is 81.5. The molecule has 4 aromatic rings. The first-order chi connectivity index (χ1) is 22.4. The van der Waals surface area contributed by atoms with Gasteiger partial charge in [-0.2, -0.15) is 0 Å². The molecule has 12 nitrogen and oxygen atoms in total. The second kappa shape index (κ2) is 13.3. The molecule has 0 saturated carbocycles. The molecule has 0 amide bonds. The van der Waals surface area contributed by atoms with Crippen molar-refractivity contribution in [1.82, 2.24) is 4.98 Å². The van der Waals surface area contributed by atoms with Crippen molar-refractivity contribution >= 4 is 62.3 Å². The number of carboxylic acid groups (broad SMARTS) is 1. The molecule has 0 radical (unpaired) electrons. The summed E-state index contributed by atoms with van der Waals surface area (Å²) in [6.45, 7) is 3.59. The van der Waals surface area contributed by atoms with Gasteiger partial charge in [0.2, 0.25) is 0 Å². The molecule has 0 saturated heterocycles. The first kappa shape index (κ1) is 32.7. The Labute approximate surface area is 274 Å². The van der Waals surface area contributed by atoms with E-state index in [9.17, 15) is 39.0 Å². The van der Waals surface area contributed by atoms with E-state index in [-0.39, 0.29) is 43.6 Å². The van der Waals surface area contributed by atoms with Gasteiger partial charge in [0.25, 0.3) is 0 Å². The molecule has 2 atom stereocenters. The highest BCUT2D eigenvalue weighted by Gasteiger charge is 2.45. The molecule has 0 aliphatic heterocycles. The third-order valence-electron chi connectivity index (χ3n) is 7.23. The van der Waals surface area contributed by atoms with Crippen LogP contribution in [0.3, 0.4) is 0 Å². The number of aromatic hydroxyl groups is 1. The Morgan fingerprint density at radius 3 is 2.21 bits per heavy atom. The molecule has 0 bridgehead atoms. The zero-order chi connectivity index (χ0) is 34.0. The van der Waals surface area contributed by atoms with Gasteiger partial charge in [0, 0.05) is 22.1 Å². The molecule has 47 heavy (non-hydrogen) atoms. The van der Waals surface area contributed by atoms with Crippen LogP contribution in [0.2, 0.25) is 0 Å². The lowest BCUT2D eigenvalue weighted by molar-refractivity contribution is -0.142. The predicted octanol–water partition coefficient (Wildman–Crippen LogP) is 5.07. The molecular weight excluding hydrogens is 678 g/mol. The van der Waals surface area contributed by atoms with Gasteiger partial charge in [0.15, 0.2) is 23.4 Å². The van der Waals surface area contributed by atoms with Crippen molar-refractivity contribution in [2.24, 2.45) is 0 Å². The summed E-state index contributed by atoms with van der Waals surface area (Å²) >= 11 is 3.31. The van der Waals surface area contributed by atoms with Crippen LogP contribution < -0.4 is 0 Å². The number of benzene rings is 3.